The molecule has 0 aromatic heterocycles. The first-order valence-electron chi connectivity index (χ1n) is 6.42. The zero-order chi connectivity index (χ0) is 12.0. The minimum Gasteiger partial charge on any atom is -0.367 e. The number of carbonyl (C=O) groups is 1. The van der Waals surface area contributed by atoms with Crippen LogP contribution in [0.1, 0.15) is 26.7 Å². The lowest BCUT2D eigenvalue weighted by atomic mass is 9.64. The topological polar surface area (TPSA) is 20.3 Å². The van der Waals surface area contributed by atoms with Crippen LogP contribution < -0.4 is 4.90 Å². The highest BCUT2D eigenvalue weighted by atomic mass is 16.1. The smallest absolute Gasteiger partial charge is 0.139 e. The van der Waals surface area contributed by atoms with Gasteiger partial charge in [-0.15, -0.1) is 0 Å². The van der Waals surface area contributed by atoms with Crippen molar-refractivity contribution in [3.05, 3.63) is 30.3 Å². The van der Waals surface area contributed by atoms with Crippen LogP contribution in [0.2, 0.25) is 0 Å². The number of hydrogen-bond acceptors (Lipinski definition) is 2. The summed E-state index contributed by atoms with van der Waals surface area (Å²) in [5.41, 5.74) is 1.52. The lowest BCUT2D eigenvalue weighted by molar-refractivity contribution is -0.130. The first-order valence-corrected chi connectivity index (χ1v) is 6.42. The van der Waals surface area contributed by atoms with Gasteiger partial charge in [0.05, 0.1) is 0 Å². The van der Waals surface area contributed by atoms with E-state index in [1.54, 1.807) is 0 Å². The maximum absolute atomic E-state index is 11.9. The zero-order valence-electron chi connectivity index (χ0n) is 10.5. The lowest BCUT2D eigenvalue weighted by Gasteiger charge is -2.54. The average molecular weight is 229 g/mol. The van der Waals surface area contributed by atoms with Gasteiger partial charge >= 0.3 is 0 Å². The van der Waals surface area contributed by atoms with E-state index in [0.717, 1.165) is 19.4 Å². The molecule has 4 rings (SSSR count). The third kappa shape index (κ3) is 1.67. The molecule has 3 aliphatic rings. The SMILES string of the molecule is CC1(C)C[C@H]2CN(c3ccccc3)[C@@H]1CC2=O. The second-order valence-corrected chi connectivity index (χ2v) is 6.06. The molecule has 2 bridgehead atoms. The number of Topliss-reactive ketones (excluding diaryl/α,β-unsaturated/α-hetero) is 1. The van der Waals surface area contributed by atoms with Crippen LogP contribution >= 0.6 is 0 Å². The molecule has 2 aliphatic heterocycles. The molecule has 2 heteroatoms. The number of rotatable bonds is 1. The molecule has 0 N–H and O–H groups in total. The molecule has 1 saturated carbocycles. The van der Waals surface area contributed by atoms with Crippen LogP contribution in [0, 0.1) is 11.3 Å². The maximum Gasteiger partial charge on any atom is 0.139 e. The third-order valence-electron chi connectivity index (χ3n) is 4.41. The monoisotopic (exact) mass is 229 g/mol. The summed E-state index contributed by atoms with van der Waals surface area (Å²) in [5, 5.41) is 0. The van der Waals surface area contributed by atoms with Gasteiger partial charge in [0.15, 0.2) is 0 Å². The predicted molar refractivity (Wildman–Crippen MR) is 69.1 cm³/mol. The number of carbonyl (C=O) groups excluding carboxylic acids is 1. The Morgan fingerprint density at radius 1 is 1.24 bits per heavy atom. The zero-order valence-corrected chi connectivity index (χ0v) is 10.5. The number of fused-ring (bicyclic) bond motifs is 3. The number of nitrogens with zero attached hydrogens (tertiary/aromatic N) is 1. The van der Waals surface area contributed by atoms with Crippen molar-refractivity contribution in [3.63, 3.8) is 0 Å². The first-order chi connectivity index (χ1) is 8.08. The molecule has 90 valence electrons. The molecular formula is C15H19NO. The van der Waals surface area contributed by atoms with Gasteiger partial charge in [0.1, 0.15) is 5.78 Å². The highest BCUT2D eigenvalue weighted by Gasteiger charge is 2.49. The van der Waals surface area contributed by atoms with Crippen LogP contribution in [0.3, 0.4) is 0 Å². The molecule has 0 unspecified atom stereocenters. The first kappa shape index (κ1) is 10.8. The fraction of sp³-hybridized carbons (Fsp3) is 0.533. The molecule has 2 nitrogen and oxygen atoms in total. The van der Waals surface area contributed by atoms with Crippen molar-refractivity contribution in [1.29, 1.82) is 0 Å². The summed E-state index contributed by atoms with van der Waals surface area (Å²) in [6.07, 6.45) is 1.78. The van der Waals surface area contributed by atoms with E-state index in [9.17, 15) is 4.79 Å². The molecule has 1 aromatic rings. The minimum absolute atomic E-state index is 0.246. The van der Waals surface area contributed by atoms with Gasteiger partial charge in [0.2, 0.25) is 0 Å². The van der Waals surface area contributed by atoms with E-state index < -0.39 is 0 Å². The minimum atomic E-state index is 0.246. The van der Waals surface area contributed by atoms with Crippen LogP contribution in [0.4, 0.5) is 5.69 Å². The van der Waals surface area contributed by atoms with Gasteiger partial charge in [-0.1, -0.05) is 32.0 Å². The third-order valence-corrected chi connectivity index (χ3v) is 4.41. The molecule has 0 spiro atoms. The number of hydrogen-bond donors (Lipinski definition) is 0. The van der Waals surface area contributed by atoms with Crippen molar-refractivity contribution < 1.29 is 4.79 Å². The Kier molecular flexibility index (Phi) is 2.29. The summed E-state index contributed by atoms with van der Waals surface area (Å²) in [5.74, 6) is 0.719. The molecule has 0 radical (unpaired) electrons. The van der Waals surface area contributed by atoms with Crippen LogP contribution in [0.25, 0.3) is 0 Å². The largest absolute Gasteiger partial charge is 0.367 e. The fourth-order valence-corrected chi connectivity index (χ4v) is 3.49. The second-order valence-electron chi connectivity index (χ2n) is 6.06. The van der Waals surface area contributed by atoms with Crippen molar-refractivity contribution in [2.75, 3.05) is 11.4 Å². The lowest BCUT2D eigenvalue weighted by Crippen LogP contribution is -2.60. The van der Waals surface area contributed by atoms with Crippen LogP contribution in [0.5, 0.6) is 0 Å². The van der Waals surface area contributed by atoms with Gasteiger partial charge in [0.25, 0.3) is 0 Å². The Morgan fingerprint density at radius 3 is 2.59 bits per heavy atom. The predicted octanol–water partition coefficient (Wildman–Crippen LogP) is 2.88. The van der Waals surface area contributed by atoms with Gasteiger partial charge in [-0.2, -0.15) is 0 Å². The molecule has 1 aliphatic carbocycles. The molecule has 2 atom stereocenters. The number of anilines is 1. The van der Waals surface area contributed by atoms with Crippen molar-refractivity contribution in [2.45, 2.75) is 32.7 Å². The maximum atomic E-state index is 11.9. The standard InChI is InChI=1S/C15H19NO/c1-15(2)9-11-10-16(14(15)8-13(11)17)12-6-4-3-5-7-12/h3-7,11,14H,8-10H2,1-2H3/t11-,14+/m0/s1. The fourth-order valence-electron chi connectivity index (χ4n) is 3.49. The Labute approximate surface area is 103 Å². The summed E-state index contributed by atoms with van der Waals surface area (Å²) < 4.78 is 0. The van der Waals surface area contributed by atoms with E-state index in [-0.39, 0.29) is 11.3 Å². The molecular weight excluding hydrogens is 210 g/mol. The molecule has 2 saturated heterocycles. The Balaban J connectivity index is 1.96. The van der Waals surface area contributed by atoms with Gasteiger partial charge < -0.3 is 4.90 Å². The van der Waals surface area contributed by atoms with Crippen molar-refractivity contribution in [1.82, 2.24) is 0 Å². The summed E-state index contributed by atoms with van der Waals surface area (Å²) in [6.45, 7) is 5.51. The van der Waals surface area contributed by atoms with E-state index in [4.69, 9.17) is 0 Å². The average Bonchev–Trinajstić information content (AvgIpc) is 2.31. The van der Waals surface area contributed by atoms with Gasteiger partial charge in [-0.05, 0) is 24.0 Å². The van der Waals surface area contributed by atoms with E-state index in [2.05, 4.69) is 43.0 Å². The number of piperidine rings is 2. The number of para-hydroxylation sites is 1. The van der Waals surface area contributed by atoms with Gasteiger partial charge in [0, 0.05) is 30.6 Å². The van der Waals surface area contributed by atoms with E-state index in [1.807, 2.05) is 6.07 Å². The quantitative estimate of drug-likeness (QED) is 0.738. The van der Waals surface area contributed by atoms with Crippen molar-refractivity contribution in [2.24, 2.45) is 11.3 Å². The molecule has 17 heavy (non-hydrogen) atoms. The summed E-state index contributed by atoms with van der Waals surface area (Å²) in [4.78, 5) is 14.3. The molecule has 3 fully saturated rings. The highest BCUT2D eigenvalue weighted by Crippen LogP contribution is 2.46. The normalized spacial score (nSPS) is 30.7. The highest BCUT2D eigenvalue weighted by molar-refractivity contribution is 5.85. The van der Waals surface area contributed by atoms with E-state index >= 15 is 0 Å². The van der Waals surface area contributed by atoms with Crippen molar-refractivity contribution >= 4 is 11.5 Å². The van der Waals surface area contributed by atoms with E-state index in [1.165, 1.54) is 5.69 Å². The number of ketones is 1. The Morgan fingerprint density at radius 2 is 1.94 bits per heavy atom. The summed E-state index contributed by atoms with van der Waals surface area (Å²) >= 11 is 0. The Bertz CT molecular complexity index is 437. The Hall–Kier alpha value is -1.31. The summed E-state index contributed by atoms with van der Waals surface area (Å²) in [7, 11) is 0. The van der Waals surface area contributed by atoms with Crippen molar-refractivity contribution in [3.8, 4) is 0 Å². The van der Waals surface area contributed by atoms with Gasteiger partial charge in [-0.25, -0.2) is 0 Å². The van der Waals surface area contributed by atoms with E-state index in [0.29, 0.717) is 11.8 Å². The molecule has 0 amide bonds. The van der Waals surface area contributed by atoms with Crippen LogP contribution in [-0.2, 0) is 4.79 Å². The molecule has 1 aromatic carbocycles. The van der Waals surface area contributed by atoms with Crippen LogP contribution in [-0.4, -0.2) is 18.4 Å². The molecule has 2 heterocycles. The second kappa shape index (κ2) is 3.59. The van der Waals surface area contributed by atoms with Gasteiger partial charge in [-0.3, -0.25) is 4.79 Å². The van der Waals surface area contributed by atoms with Crippen LogP contribution in [0.15, 0.2) is 30.3 Å². The number of benzene rings is 1. The summed E-state index contributed by atoms with van der Waals surface area (Å²) in [6, 6.07) is 10.9.